The van der Waals surface area contributed by atoms with Crippen LogP contribution in [0.25, 0.3) is 0 Å². The number of rotatable bonds is 0. The number of quaternary nitrogens is 2. The Bertz CT molecular complexity index is 9.51. The molecule has 0 unspecified atom stereocenters. The molecular formula is H12Cl2N2O2. The predicted octanol–water partition coefficient (Wildman–Crippen LogP) is -6.89. The quantitative estimate of drug-likeness (QED) is 0.333. The second-order valence-corrected chi connectivity index (χ2v) is 0. The molecule has 0 bridgehead atoms. The van der Waals surface area contributed by atoms with Crippen molar-refractivity contribution >= 4 is 0 Å². The summed E-state index contributed by atoms with van der Waals surface area (Å²) in [6, 6.07) is 0. The Balaban J connectivity index is 0. The van der Waals surface area contributed by atoms with Crippen LogP contribution in [-0.2, 0) is 0 Å². The molecule has 12 N–H and O–H groups in total. The second kappa shape index (κ2) is 600. The van der Waals surface area contributed by atoms with Crippen molar-refractivity contribution in [3.05, 3.63) is 0 Å². The Morgan fingerprint density at radius 1 is 0.500 bits per heavy atom. The third-order valence-corrected chi connectivity index (χ3v) is 0. The molecule has 0 rings (SSSR count). The normalized spacial score (nSPS) is 0. The van der Waals surface area contributed by atoms with Crippen LogP contribution in [0.5, 0.6) is 0 Å². The molecule has 0 saturated heterocycles. The maximum absolute atomic E-state index is 0. The van der Waals surface area contributed by atoms with E-state index in [-0.39, 0.29) is 48.1 Å². The number of hydrogen-bond acceptors (Lipinski definition) is 0. The molecule has 6 heteroatoms. The predicted molar refractivity (Wildman–Crippen MR) is 19.2 cm³/mol. The summed E-state index contributed by atoms with van der Waals surface area (Å²) in [5, 5.41) is 0. The van der Waals surface area contributed by atoms with Gasteiger partial charge in [0.05, 0.1) is 0 Å². The van der Waals surface area contributed by atoms with Gasteiger partial charge in [-0.3, -0.25) is 0 Å². The van der Waals surface area contributed by atoms with Gasteiger partial charge in [0.2, 0.25) is 0 Å². The topological polar surface area (TPSA) is 136 Å². The van der Waals surface area contributed by atoms with Crippen LogP contribution in [0.4, 0.5) is 0 Å². The molecule has 0 spiro atoms. The van der Waals surface area contributed by atoms with E-state index in [1.165, 1.54) is 0 Å². The van der Waals surface area contributed by atoms with Crippen molar-refractivity contribution in [1.82, 2.24) is 12.3 Å². The number of hydrogen-bond donors (Lipinski definition) is 2. The van der Waals surface area contributed by atoms with Crippen LogP contribution in [0.2, 0.25) is 0 Å². The number of halogens is 2. The summed E-state index contributed by atoms with van der Waals surface area (Å²) in [5.41, 5.74) is 0. The lowest BCUT2D eigenvalue weighted by Gasteiger charge is -1.00. The fourth-order valence-corrected chi connectivity index (χ4v) is 0. The monoisotopic (exact) mass is 142 g/mol. The zero-order valence-corrected chi connectivity index (χ0v) is 5.27. The van der Waals surface area contributed by atoms with Crippen molar-refractivity contribution in [2.45, 2.75) is 0 Å². The highest BCUT2D eigenvalue weighted by Gasteiger charge is -0.368. The summed E-state index contributed by atoms with van der Waals surface area (Å²) < 4.78 is 0. The zero-order chi connectivity index (χ0) is 0. The van der Waals surface area contributed by atoms with E-state index >= 15 is 0 Å². The molecule has 4 nitrogen and oxygen atoms in total. The minimum atomic E-state index is 0. The van der Waals surface area contributed by atoms with Crippen molar-refractivity contribution in [2.24, 2.45) is 0 Å². The average molecular weight is 143 g/mol. The molecule has 0 saturated carbocycles. The van der Waals surface area contributed by atoms with E-state index in [0.717, 1.165) is 0 Å². The summed E-state index contributed by atoms with van der Waals surface area (Å²) in [4.78, 5) is 0. The van der Waals surface area contributed by atoms with Gasteiger partial charge >= 0.3 is 0 Å². The van der Waals surface area contributed by atoms with E-state index in [1.807, 2.05) is 0 Å². The fraction of sp³-hybridized carbons (Fsp3) is 0. The zero-order valence-electron chi connectivity index (χ0n) is 3.76. The van der Waals surface area contributed by atoms with Gasteiger partial charge in [-0.05, 0) is 0 Å². The summed E-state index contributed by atoms with van der Waals surface area (Å²) in [7, 11) is 0. The molecule has 48 valence electrons. The maximum atomic E-state index is 0. The van der Waals surface area contributed by atoms with E-state index in [9.17, 15) is 0 Å². The average Bonchev–Trinajstić information content (AvgIpc) is 0. The van der Waals surface area contributed by atoms with E-state index in [4.69, 9.17) is 0 Å². The van der Waals surface area contributed by atoms with Gasteiger partial charge in [-0.15, -0.1) is 0 Å². The van der Waals surface area contributed by atoms with Gasteiger partial charge in [0, 0.05) is 0 Å². The SMILES string of the molecule is O.O.[Cl-].[Cl-].[NH4+].[NH4+]. The first-order valence-electron chi connectivity index (χ1n) is 0. The van der Waals surface area contributed by atoms with Crippen molar-refractivity contribution in [3.8, 4) is 0 Å². The molecule has 0 aliphatic carbocycles. The van der Waals surface area contributed by atoms with Gasteiger partial charge < -0.3 is 48.1 Å². The van der Waals surface area contributed by atoms with E-state index in [1.54, 1.807) is 0 Å². The third kappa shape index (κ3) is 293. The van der Waals surface area contributed by atoms with Crippen LogP contribution in [-0.4, -0.2) is 11.0 Å². The Morgan fingerprint density at radius 2 is 0.500 bits per heavy atom. The Hall–Kier alpha value is 0.420. The molecule has 0 radical (unpaired) electrons. The molecule has 0 amide bonds. The smallest absolute Gasteiger partial charge is 0.369 e. The van der Waals surface area contributed by atoms with Crippen LogP contribution in [0.3, 0.4) is 0 Å². The first-order chi connectivity index (χ1) is 0. The van der Waals surface area contributed by atoms with Gasteiger partial charge in [0.25, 0.3) is 0 Å². The van der Waals surface area contributed by atoms with Crippen LogP contribution in [0.1, 0.15) is 0 Å². The highest BCUT2D eigenvalue weighted by molar-refractivity contribution is 2.14. The molecule has 0 aromatic carbocycles. The lowest BCUT2D eigenvalue weighted by atomic mass is 14.0. The van der Waals surface area contributed by atoms with Crippen LogP contribution >= 0.6 is 0 Å². The van der Waals surface area contributed by atoms with E-state index in [2.05, 4.69) is 0 Å². The van der Waals surface area contributed by atoms with Gasteiger partial charge in [-0.2, -0.15) is 0 Å². The van der Waals surface area contributed by atoms with Gasteiger partial charge in [0.15, 0.2) is 0 Å². The molecule has 0 aromatic heterocycles. The molecule has 0 heterocycles. The third-order valence-electron chi connectivity index (χ3n) is 0. The molecule has 6 heavy (non-hydrogen) atoms. The largest absolute Gasteiger partial charge is 1.00 e. The fourth-order valence-electron chi connectivity index (χ4n) is 0. The summed E-state index contributed by atoms with van der Waals surface area (Å²) in [5.74, 6) is 0. The second-order valence-electron chi connectivity index (χ2n) is 0. The first-order valence-corrected chi connectivity index (χ1v) is 0. The van der Waals surface area contributed by atoms with E-state index in [0.29, 0.717) is 0 Å². The molecule has 0 aliphatic rings. The Labute approximate surface area is 48.9 Å². The lowest BCUT2D eigenvalue weighted by molar-refractivity contribution is -0.001000. The van der Waals surface area contributed by atoms with Crippen LogP contribution < -0.4 is 37.1 Å². The molecule has 0 fully saturated rings. The maximum Gasteiger partial charge on any atom is -0.369 e. The van der Waals surface area contributed by atoms with Crippen molar-refractivity contribution in [1.29, 1.82) is 0 Å². The molecule has 0 aliphatic heterocycles. The highest BCUT2D eigenvalue weighted by atomic mass is 35.5. The van der Waals surface area contributed by atoms with Crippen molar-refractivity contribution in [3.63, 3.8) is 0 Å². The summed E-state index contributed by atoms with van der Waals surface area (Å²) in [6.45, 7) is 0. The Kier molecular flexibility index (Phi) is 107000. The summed E-state index contributed by atoms with van der Waals surface area (Å²) in [6.07, 6.45) is 0. The van der Waals surface area contributed by atoms with E-state index < -0.39 is 0 Å². The van der Waals surface area contributed by atoms with Gasteiger partial charge in [0.1, 0.15) is 0 Å². The van der Waals surface area contributed by atoms with Gasteiger partial charge in [-0.25, -0.2) is 0 Å². The molecule has 0 atom stereocenters. The first kappa shape index (κ1) is 1070. The van der Waals surface area contributed by atoms with Crippen molar-refractivity contribution in [2.75, 3.05) is 0 Å². The minimum absolute atomic E-state index is 0. The molecule has 0 aromatic rings. The summed E-state index contributed by atoms with van der Waals surface area (Å²) >= 11 is 0. The standard InChI is InChI=1S/2ClH.2H3N.2H2O/h2*1H;2*1H3;2*1H2. The van der Waals surface area contributed by atoms with Crippen molar-refractivity contribution < 1.29 is 35.8 Å². The van der Waals surface area contributed by atoms with Crippen LogP contribution in [0, 0.1) is 0 Å². The minimum Gasteiger partial charge on any atom is -1.00 e. The molecular weight excluding hydrogens is 131 g/mol. The highest BCUT2D eigenvalue weighted by Crippen LogP contribution is -0.288. The Morgan fingerprint density at radius 3 is 0.500 bits per heavy atom. The lowest BCUT2D eigenvalue weighted by Crippen LogP contribution is -3.00. The van der Waals surface area contributed by atoms with Gasteiger partial charge in [-0.1, -0.05) is 0 Å². The van der Waals surface area contributed by atoms with Crippen LogP contribution in [0.15, 0.2) is 0 Å².